The minimum absolute atomic E-state index is 0.0320. The fourth-order valence-electron chi connectivity index (χ4n) is 1.83. The molecule has 0 aliphatic rings. The first kappa shape index (κ1) is 16.2. The summed E-state index contributed by atoms with van der Waals surface area (Å²) >= 11 is 0. The van der Waals surface area contributed by atoms with Crippen molar-refractivity contribution in [2.75, 3.05) is 6.54 Å². The molecule has 0 saturated heterocycles. The normalized spacial score (nSPS) is 10.4. The van der Waals surface area contributed by atoms with Crippen LogP contribution < -0.4 is 5.32 Å². The number of carboxylic acid groups (broad SMARTS) is 1. The first-order chi connectivity index (χ1) is 11.2. The van der Waals surface area contributed by atoms with E-state index in [4.69, 9.17) is 9.84 Å². The Morgan fingerprint density at radius 2 is 1.96 bits per heavy atom. The lowest BCUT2D eigenvalue weighted by molar-refractivity contribution is 0.0690. The van der Waals surface area contributed by atoms with Gasteiger partial charge in [-0.1, -0.05) is 48.6 Å². The zero-order valence-corrected chi connectivity index (χ0v) is 12.3. The number of hydrogen-bond donors (Lipinski definition) is 2. The first-order valence-corrected chi connectivity index (χ1v) is 6.96. The van der Waals surface area contributed by atoms with E-state index < -0.39 is 12.1 Å². The predicted molar refractivity (Wildman–Crippen MR) is 84.9 cm³/mol. The van der Waals surface area contributed by atoms with Crippen molar-refractivity contribution >= 4 is 18.1 Å². The number of aromatic nitrogens is 1. The van der Waals surface area contributed by atoms with Gasteiger partial charge in [0, 0.05) is 18.3 Å². The number of nitrogens with zero attached hydrogens (tertiary/aromatic N) is 1. The van der Waals surface area contributed by atoms with Gasteiger partial charge in [0.1, 0.15) is 6.61 Å². The Hall–Kier alpha value is -3.15. The number of carbonyl (C=O) groups excluding carboxylic acids is 1. The standard InChI is InChI=1S/C17H16N2O4/c20-16(21)15-14(8-4-10-18-15)9-5-11-19-17(22)23-12-13-6-2-1-3-7-13/h1-10H,11-12H2,(H,19,22)(H,20,21). The number of benzene rings is 1. The summed E-state index contributed by atoms with van der Waals surface area (Å²) in [5, 5.41) is 11.6. The molecule has 0 atom stereocenters. The van der Waals surface area contributed by atoms with Gasteiger partial charge in [-0.15, -0.1) is 0 Å². The summed E-state index contributed by atoms with van der Waals surface area (Å²) in [7, 11) is 0. The van der Waals surface area contributed by atoms with Crippen molar-refractivity contribution in [3.63, 3.8) is 0 Å². The molecule has 1 heterocycles. The molecule has 0 aliphatic heterocycles. The first-order valence-electron chi connectivity index (χ1n) is 6.96. The van der Waals surface area contributed by atoms with E-state index in [2.05, 4.69) is 10.3 Å². The third kappa shape index (κ3) is 5.28. The van der Waals surface area contributed by atoms with E-state index >= 15 is 0 Å². The number of carboxylic acids is 1. The van der Waals surface area contributed by atoms with Crippen LogP contribution in [0, 0.1) is 0 Å². The maximum absolute atomic E-state index is 11.5. The SMILES string of the molecule is O=C(NCC=Cc1cccnc1C(=O)O)OCc1ccccc1. The van der Waals surface area contributed by atoms with Gasteiger partial charge >= 0.3 is 12.1 Å². The average molecular weight is 312 g/mol. The number of hydrogen-bond acceptors (Lipinski definition) is 4. The van der Waals surface area contributed by atoms with E-state index in [0.29, 0.717) is 5.56 Å². The van der Waals surface area contributed by atoms with Gasteiger partial charge in [-0.05, 0) is 11.6 Å². The van der Waals surface area contributed by atoms with Crippen LogP contribution in [0.15, 0.2) is 54.7 Å². The van der Waals surface area contributed by atoms with Gasteiger partial charge in [-0.3, -0.25) is 0 Å². The number of nitrogens with one attached hydrogen (secondary N) is 1. The molecule has 2 rings (SSSR count). The maximum Gasteiger partial charge on any atom is 0.407 e. The highest BCUT2D eigenvalue weighted by Gasteiger charge is 2.08. The van der Waals surface area contributed by atoms with Crippen molar-refractivity contribution in [2.45, 2.75) is 6.61 Å². The topological polar surface area (TPSA) is 88.5 Å². The molecule has 6 nitrogen and oxygen atoms in total. The van der Waals surface area contributed by atoms with E-state index in [1.807, 2.05) is 30.3 Å². The summed E-state index contributed by atoms with van der Waals surface area (Å²) in [5.41, 5.74) is 1.34. The van der Waals surface area contributed by atoms with Crippen molar-refractivity contribution < 1.29 is 19.4 Å². The Balaban J connectivity index is 1.78. The molecule has 0 saturated carbocycles. The van der Waals surface area contributed by atoms with Crippen LogP contribution in [-0.4, -0.2) is 28.7 Å². The lowest BCUT2D eigenvalue weighted by Gasteiger charge is -2.05. The van der Waals surface area contributed by atoms with E-state index in [1.165, 1.54) is 6.20 Å². The quantitative estimate of drug-likeness (QED) is 0.856. The lowest BCUT2D eigenvalue weighted by atomic mass is 10.2. The van der Waals surface area contributed by atoms with Crippen LogP contribution in [0.25, 0.3) is 6.08 Å². The van der Waals surface area contributed by atoms with Crippen LogP contribution >= 0.6 is 0 Å². The minimum atomic E-state index is -1.10. The predicted octanol–water partition coefficient (Wildman–Crippen LogP) is 2.72. The molecule has 0 bridgehead atoms. The van der Waals surface area contributed by atoms with Crippen LogP contribution in [0.5, 0.6) is 0 Å². The van der Waals surface area contributed by atoms with Crippen LogP contribution in [-0.2, 0) is 11.3 Å². The van der Waals surface area contributed by atoms with Gasteiger partial charge in [0.25, 0.3) is 0 Å². The Kier molecular flexibility index (Phi) is 5.88. The summed E-state index contributed by atoms with van der Waals surface area (Å²) in [6, 6.07) is 12.6. The van der Waals surface area contributed by atoms with E-state index in [9.17, 15) is 9.59 Å². The molecule has 118 valence electrons. The highest BCUT2D eigenvalue weighted by Crippen LogP contribution is 2.07. The summed E-state index contributed by atoms with van der Waals surface area (Å²) in [4.78, 5) is 26.3. The van der Waals surface area contributed by atoms with Gasteiger partial charge in [0.2, 0.25) is 0 Å². The molecular weight excluding hydrogens is 296 g/mol. The third-order valence-corrected chi connectivity index (χ3v) is 2.92. The van der Waals surface area contributed by atoms with Crippen molar-refractivity contribution in [3.8, 4) is 0 Å². The number of amides is 1. The summed E-state index contributed by atoms with van der Waals surface area (Å²) < 4.78 is 5.05. The fraction of sp³-hybridized carbons (Fsp3) is 0.118. The molecular formula is C17H16N2O4. The second-order valence-electron chi connectivity index (χ2n) is 4.59. The molecule has 1 amide bonds. The Morgan fingerprint density at radius 3 is 2.70 bits per heavy atom. The second-order valence-corrected chi connectivity index (χ2v) is 4.59. The molecule has 2 N–H and O–H groups in total. The van der Waals surface area contributed by atoms with Crippen molar-refractivity contribution in [3.05, 3.63) is 71.6 Å². The van der Waals surface area contributed by atoms with Crippen LogP contribution in [0.1, 0.15) is 21.6 Å². The zero-order chi connectivity index (χ0) is 16.5. The highest BCUT2D eigenvalue weighted by atomic mass is 16.5. The number of carbonyl (C=O) groups is 2. The Bertz CT molecular complexity index is 699. The van der Waals surface area contributed by atoms with E-state index in [-0.39, 0.29) is 18.8 Å². The Labute approximate surface area is 133 Å². The van der Waals surface area contributed by atoms with E-state index in [0.717, 1.165) is 5.56 Å². The maximum atomic E-state index is 11.5. The van der Waals surface area contributed by atoms with Gasteiger partial charge in [0.05, 0.1) is 0 Å². The van der Waals surface area contributed by atoms with Crippen molar-refractivity contribution in [2.24, 2.45) is 0 Å². The highest BCUT2D eigenvalue weighted by molar-refractivity contribution is 5.89. The number of rotatable bonds is 6. The largest absolute Gasteiger partial charge is 0.476 e. The molecule has 0 fully saturated rings. The number of aromatic carboxylic acids is 1. The number of ether oxygens (including phenoxy) is 1. The third-order valence-electron chi connectivity index (χ3n) is 2.92. The molecule has 23 heavy (non-hydrogen) atoms. The molecule has 0 aliphatic carbocycles. The minimum Gasteiger partial charge on any atom is -0.476 e. The van der Waals surface area contributed by atoms with Crippen molar-refractivity contribution in [1.82, 2.24) is 10.3 Å². The van der Waals surface area contributed by atoms with Crippen molar-refractivity contribution in [1.29, 1.82) is 0 Å². The van der Waals surface area contributed by atoms with Gasteiger partial charge < -0.3 is 15.2 Å². The summed E-state index contributed by atoms with van der Waals surface area (Å²) in [5.74, 6) is -1.10. The molecule has 2 aromatic rings. The number of pyridine rings is 1. The molecule has 0 spiro atoms. The molecule has 0 unspecified atom stereocenters. The molecule has 1 aromatic heterocycles. The van der Waals surface area contributed by atoms with Crippen LogP contribution in [0.2, 0.25) is 0 Å². The monoisotopic (exact) mass is 312 g/mol. The van der Waals surface area contributed by atoms with Gasteiger partial charge in [-0.25, -0.2) is 14.6 Å². The summed E-state index contributed by atoms with van der Waals surface area (Å²) in [6.07, 6.45) is 4.10. The molecule has 0 radical (unpaired) electrons. The van der Waals surface area contributed by atoms with E-state index in [1.54, 1.807) is 24.3 Å². The average Bonchev–Trinajstić information content (AvgIpc) is 2.58. The Morgan fingerprint density at radius 1 is 1.17 bits per heavy atom. The number of alkyl carbamates (subject to hydrolysis) is 1. The van der Waals surface area contributed by atoms with Gasteiger partial charge in [0.15, 0.2) is 5.69 Å². The zero-order valence-electron chi connectivity index (χ0n) is 12.3. The van der Waals surface area contributed by atoms with Gasteiger partial charge in [-0.2, -0.15) is 0 Å². The van der Waals surface area contributed by atoms with Crippen LogP contribution in [0.4, 0.5) is 4.79 Å². The van der Waals surface area contributed by atoms with Crippen LogP contribution in [0.3, 0.4) is 0 Å². The molecule has 1 aromatic carbocycles. The summed E-state index contributed by atoms with van der Waals surface area (Å²) in [6.45, 7) is 0.420. The fourth-order valence-corrected chi connectivity index (χ4v) is 1.83. The lowest BCUT2D eigenvalue weighted by Crippen LogP contribution is -2.24. The second kappa shape index (κ2) is 8.33. The smallest absolute Gasteiger partial charge is 0.407 e. The molecule has 6 heteroatoms.